The molecule has 1 fully saturated rings. The molecule has 0 bridgehead atoms. The maximum absolute atomic E-state index is 3.80. The van der Waals surface area contributed by atoms with Crippen molar-refractivity contribution in [1.29, 1.82) is 0 Å². The van der Waals surface area contributed by atoms with Gasteiger partial charge in [-0.1, -0.05) is 57.5 Å². The lowest BCUT2D eigenvalue weighted by Crippen LogP contribution is -2.44. The number of benzene rings is 1. The summed E-state index contributed by atoms with van der Waals surface area (Å²) in [6.07, 6.45) is 6.79. The molecule has 1 N–H and O–H groups in total. The molecular formula is C19H31N. The Kier molecular flexibility index (Phi) is 4.90. The first kappa shape index (κ1) is 15.6. The third-order valence-corrected chi connectivity index (χ3v) is 5.36. The van der Waals surface area contributed by atoms with Crippen molar-refractivity contribution in [3.05, 3.63) is 35.9 Å². The molecule has 1 saturated carbocycles. The van der Waals surface area contributed by atoms with Gasteiger partial charge in [0.25, 0.3) is 0 Å². The van der Waals surface area contributed by atoms with Crippen molar-refractivity contribution < 1.29 is 0 Å². The minimum absolute atomic E-state index is 0.243. The average Bonchev–Trinajstić information content (AvgIpc) is 2.38. The number of hydrogen-bond donors (Lipinski definition) is 1. The largest absolute Gasteiger partial charge is 0.314 e. The fraction of sp³-hybridized carbons (Fsp3) is 0.684. The Balaban J connectivity index is 1.86. The Morgan fingerprint density at radius 1 is 1.20 bits per heavy atom. The molecule has 1 aromatic rings. The molecule has 1 aromatic carbocycles. The van der Waals surface area contributed by atoms with E-state index in [0.29, 0.717) is 11.5 Å². The van der Waals surface area contributed by atoms with Gasteiger partial charge in [0.05, 0.1) is 0 Å². The van der Waals surface area contributed by atoms with Gasteiger partial charge in [-0.3, -0.25) is 0 Å². The van der Waals surface area contributed by atoms with E-state index < -0.39 is 0 Å². The van der Waals surface area contributed by atoms with E-state index in [1.165, 1.54) is 44.2 Å². The monoisotopic (exact) mass is 273 g/mol. The Bertz CT molecular complexity index is 398. The van der Waals surface area contributed by atoms with Crippen molar-refractivity contribution in [2.24, 2.45) is 5.41 Å². The second-order valence-electron chi connectivity index (χ2n) is 7.44. The highest BCUT2D eigenvalue weighted by atomic mass is 14.9. The first-order valence-corrected chi connectivity index (χ1v) is 8.26. The molecular weight excluding hydrogens is 242 g/mol. The number of hydrogen-bond acceptors (Lipinski definition) is 1. The molecule has 1 aliphatic rings. The van der Waals surface area contributed by atoms with Gasteiger partial charge in [0.1, 0.15) is 0 Å². The van der Waals surface area contributed by atoms with Crippen LogP contribution in [0.4, 0.5) is 0 Å². The van der Waals surface area contributed by atoms with Crippen LogP contribution in [0.25, 0.3) is 0 Å². The van der Waals surface area contributed by atoms with Gasteiger partial charge in [-0.25, -0.2) is 0 Å². The lowest BCUT2D eigenvalue weighted by Gasteiger charge is -2.42. The highest BCUT2D eigenvalue weighted by Crippen LogP contribution is 2.43. The summed E-state index contributed by atoms with van der Waals surface area (Å²) >= 11 is 0. The molecule has 0 heterocycles. The van der Waals surface area contributed by atoms with Crippen LogP contribution >= 0.6 is 0 Å². The summed E-state index contributed by atoms with van der Waals surface area (Å²) in [5.74, 6) is 0. The molecule has 0 spiro atoms. The van der Waals surface area contributed by atoms with Gasteiger partial charge in [-0.2, -0.15) is 0 Å². The van der Waals surface area contributed by atoms with Crippen molar-refractivity contribution in [3.63, 3.8) is 0 Å². The maximum Gasteiger partial charge on any atom is 0.00472 e. The molecule has 2 rings (SSSR count). The lowest BCUT2D eigenvalue weighted by molar-refractivity contribution is 0.118. The summed E-state index contributed by atoms with van der Waals surface area (Å²) in [7, 11) is 0. The van der Waals surface area contributed by atoms with E-state index in [9.17, 15) is 0 Å². The van der Waals surface area contributed by atoms with E-state index in [-0.39, 0.29) is 5.41 Å². The molecule has 1 heteroatoms. The zero-order valence-corrected chi connectivity index (χ0v) is 13.7. The zero-order chi connectivity index (χ0) is 14.6. The van der Waals surface area contributed by atoms with Crippen LogP contribution < -0.4 is 5.32 Å². The van der Waals surface area contributed by atoms with Crippen LogP contribution in [0.3, 0.4) is 0 Å². The minimum Gasteiger partial charge on any atom is -0.314 e. The van der Waals surface area contributed by atoms with E-state index in [0.717, 1.165) is 0 Å². The molecule has 0 saturated heterocycles. The van der Waals surface area contributed by atoms with Crippen LogP contribution in [0.15, 0.2) is 30.3 Å². The molecule has 1 nitrogen and oxygen atoms in total. The fourth-order valence-corrected chi connectivity index (χ4v) is 3.57. The van der Waals surface area contributed by atoms with Crippen molar-refractivity contribution in [2.45, 2.75) is 71.3 Å². The van der Waals surface area contributed by atoms with Crippen molar-refractivity contribution in [1.82, 2.24) is 5.32 Å². The first-order valence-electron chi connectivity index (χ1n) is 8.26. The fourth-order valence-electron chi connectivity index (χ4n) is 3.57. The SMILES string of the molecule is CCC1(CNC(C)CC(C)(C)c2ccccc2)CCC1. The van der Waals surface area contributed by atoms with Crippen molar-refractivity contribution >= 4 is 0 Å². The van der Waals surface area contributed by atoms with Gasteiger partial charge in [0, 0.05) is 12.6 Å². The molecule has 1 unspecified atom stereocenters. The standard InChI is InChI=1S/C19H31N/c1-5-19(12-9-13-19)15-20-16(2)14-18(3,4)17-10-7-6-8-11-17/h6-8,10-11,16,20H,5,9,12-15H2,1-4H3. The second kappa shape index (κ2) is 6.30. The van der Waals surface area contributed by atoms with Gasteiger partial charge >= 0.3 is 0 Å². The predicted molar refractivity (Wildman–Crippen MR) is 88.1 cm³/mol. The summed E-state index contributed by atoms with van der Waals surface area (Å²) in [5, 5.41) is 3.80. The molecule has 0 aromatic heterocycles. The van der Waals surface area contributed by atoms with E-state index in [2.05, 4.69) is 63.3 Å². The second-order valence-corrected chi connectivity index (χ2v) is 7.44. The Labute approximate surface area is 125 Å². The summed E-state index contributed by atoms with van der Waals surface area (Å²) < 4.78 is 0. The normalized spacial score (nSPS) is 19.4. The van der Waals surface area contributed by atoms with Gasteiger partial charge < -0.3 is 5.32 Å². The van der Waals surface area contributed by atoms with Gasteiger partial charge in [-0.15, -0.1) is 0 Å². The third-order valence-electron chi connectivity index (χ3n) is 5.36. The van der Waals surface area contributed by atoms with Crippen molar-refractivity contribution in [2.75, 3.05) is 6.54 Å². The summed E-state index contributed by atoms with van der Waals surface area (Å²) in [6, 6.07) is 11.5. The van der Waals surface area contributed by atoms with Crippen LogP contribution in [-0.2, 0) is 5.41 Å². The van der Waals surface area contributed by atoms with Crippen LogP contribution in [0.2, 0.25) is 0 Å². The minimum atomic E-state index is 0.243. The molecule has 20 heavy (non-hydrogen) atoms. The molecule has 112 valence electrons. The summed E-state index contributed by atoms with van der Waals surface area (Å²) in [4.78, 5) is 0. The molecule has 1 atom stereocenters. The highest BCUT2D eigenvalue weighted by Gasteiger charge is 2.35. The van der Waals surface area contributed by atoms with Crippen molar-refractivity contribution in [3.8, 4) is 0 Å². The van der Waals surface area contributed by atoms with Gasteiger partial charge in [-0.05, 0) is 49.0 Å². The quantitative estimate of drug-likeness (QED) is 0.744. The first-order chi connectivity index (χ1) is 9.47. The highest BCUT2D eigenvalue weighted by molar-refractivity contribution is 5.23. The lowest BCUT2D eigenvalue weighted by atomic mass is 9.67. The number of nitrogens with one attached hydrogen (secondary N) is 1. The van der Waals surface area contributed by atoms with E-state index in [1.54, 1.807) is 0 Å². The van der Waals surface area contributed by atoms with E-state index >= 15 is 0 Å². The molecule has 1 aliphatic carbocycles. The average molecular weight is 273 g/mol. The van der Waals surface area contributed by atoms with Crippen LogP contribution in [-0.4, -0.2) is 12.6 Å². The van der Waals surface area contributed by atoms with E-state index in [4.69, 9.17) is 0 Å². The Hall–Kier alpha value is -0.820. The smallest absolute Gasteiger partial charge is 0.00472 e. The van der Waals surface area contributed by atoms with Gasteiger partial charge in [0.2, 0.25) is 0 Å². The third kappa shape index (κ3) is 3.63. The van der Waals surface area contributed by atoms with E-state index in [1.807, 2.05) is 0 Å². The maximum atomic E-state index is 3.80. The Morgan fingerprint density at radius 2 is 1.85 bits per heavy atom. The zero-order valence-electron chi connectivity index (χ0n) is 13.7. The Morgan fingerprint density at radius 3 is 2.35 bits per heavy atom. The molecule has 0 aliphatic heterocycles. The summed E-state index contributed by atoms with van der Waals surface area (Å²) in [5.41, 5.74) is 2.31. The van der Waals surface area contributed by atoms with Crippen LogP contribution in [0.5, 0.6) is 0 Å². The molecule has 0 radical (unpaired) electrons. The topological polar surface area (TPSA) is 12.0 Å². The van der Waals surface area contributed by atoms with Crippen LogP contribution in [0.1, 0.15) is 65.4 Å². The predicted octanol–water partition coefficient (Wildman–Crippen LogP) is 4.91. The number of rotatable bonds is 7. The summed E-state index contributed by atoms with van der Waals surface area (Å²) in [6.45, 7) is 10.6. The van der Waals surface area contributed by atoms with Gasteiger partial charge in [0.15, 0.2) is 0 Å². The molecule has 0 amide bonds. The van der Waals surface area contributed by atoms with Crippen LogP contribution in [0, 0.1) is 5.41 Å².